The van der Waals surface area contributed by atoms with Crippen LogP contribution in [-0.4, -0.2) is 61.0 Å². The standard InChI is InChI=1S/C21H32N4OS/c1-21(2,27-4)15-23-20(22-3)25-14-16(17-8-5-6-9-18(17)25)11-13-24-12-7-10-19(24)26/h5-6,8-9,16H,7,10-15H2,1-4H3,(H,22,23). The SMILES string of the molecule is CN=C(NCC(C)(C)SC)N1CC(CCN2CCCC2=O)c2ccccc21. The first-order valence-corrected chi connectivity index (χ1v) is 11.1. The molecular weight excluding hydrogens is 356 g/mol. The van der Waals surface area contributed by atoms with Crippen LogP contribution in [-0.2, 0) is 4.79 Å². The smallest absolute Gasteiger partial charge is 0.222 e. The Kier molecular flexibility index (Phi) is 6.35. The average molecular weight is 389 g/mol. The number of likely N-dealkylation sites (tertiary alicyclic amines) is 1. The van der Waals surface area contributed by atoms with E-state index < -0.39 is 0 Å². The van der Waals surface area contributed by atoms with Crippen molar-refractivity contribution in [2.75, 3.05) is 44.4 Å². The van der Waals surface area contributed by atoms with E-state index in [1.807, 2.05) is 23.7 Å². The number of carbonyl (C=O) groups excluding carboxylic acids is 1. The summed E-state index contributed by atoms with van der Waals surface area (Å²) in [5.41, 5.74) is 2.61. The lowest BCUT2D eigenvalue weighted by atomic mass is 9.98. The number of fused-ring (bicyclic) bond motifs is 1. The second kappa shape index (κ2) is 8.55. The van der Waals surface area contributed by atoms with Crippen molar-refractivity contribution in [1.82, 2.24) is 10.2 Å². The van der Waals surface area contributed by atoms with Crippen molar-refractivity contribution in [3.8, 4) is 0 Å². The van der Waals surface area contributed by atoms with Gasteiger partial charge in [-0.2, -0.15) is 11.8 Å². The Morgan fingerprint density at radius 2 is 2.15 bits per heavy atom. The number of hydrogen-bond donors (Lipinski definition) is 1. The number of amides is 1. The quantitative estimate of drug-likeness (QED) is 0.600. The minimum absolute atomic E-state index is 0.157. The number of nitrogens with zero attached hydrogens (tertiary/aromatic N) is 3. The van der Waals surface area contributed by atoms with E-state index in [9.17, 15) is 4.79 Å². The summed E-state index contributed by atoms with van der Waals surface area (Å²) in [5.74, 6) is 1.68. The van der Waals surface area contributed by atoms with E-state index >= 15 is 0 Å². The fraction of sp³-hybridized carbons (Fsp3) is 0.619. The molecule has 0 aliphatic carbocycles. The summed E-state index contributed by atoms with van der Waals surface area (Å²) in [4.78, 5) is 20.8. The fourth-order valence-corrected chi connectivity index (χ4v) is 4.07. The maximum absolute atomic E-state index is 11.9. The molecule has 1 atom stereocenters. The Bertz CT molecular complexity index is 703. The highest BCUT2D eigenvalue weighted by atomic mass is 32.2. The number of thioether (sulfide) groups is 1. The molecule has 1 fully saturated rings. The molecule has 0 bridgehead atoms. The van der Waals surface area contributed by atoms with Gasteiger partial charge in [0, 0.05) is 56.0 Å². The highest BCUT2D eigenvalue weighted by Gasteiger charge is 2.32. The Labute approximate surface area is 167 Å². The minimum atomic E-state index is 0.157. The first-order chi connectivity index (χ1) is 12.9. The normalized spacial score (nSPS) is 20.4. The van der Waals surface area contributed by atoms with E-state index in [1.54, 1.807) is 0 Å². The van der Waals surface area contributed by atoms with E-state index in [0.717, 1.165) is 51.4 Å². The van der Waals surface area contributed by atoms with Gasteiger partial charge in [0.15, 0.2) is 5.96 Å². The van der Waals surface area contributed by atoms with E-state index in [2.05, 4.69) is 59.6 Å². The molecule has 2 heterocycles. The molecule has 1 aromatic rings. The van der Waals surface area contributed by atoms with E-state index in [1.165, 1.54) is 11.3 Å². The highest BCUT2D eigenvalue weighted by molar-refractivity contribution is 7.99. The second-order valence-electron chi connectivity index (χ2n) is 8.00. The van der Waals surface area contributed by atoms with Gasteiger partial charge in [0.25, 0.3) is 0 Å². The maximum atomic E-state index is 11.9. The molecule has 2 aliphatic heterocycles. The fourth-order valence-electron chi connectivity index (χ4n) is 3.85. The van der Waals surface area contributed by atoms with Gasteiger partial charge in [-0.15, -0.1) is 0 Å². The lowest BCUT2D eigenvalue weighted by Crippen LogP contribution is -2.45. The Morgan fingerprint density at radius 1 is 1.37 bits per heavy atom. The molecule has 1 aromatic carbocycles. The maximum Gasteiger partial charge on any atom is 0.222 e. The molecule has 1 amide bonds. The summed E-state index contributed by atoms with van der Waals surface area (Å²) >= 11 is 1.86. The summed E-state index contributed by atoms with van der Waals surface area (Å²) in [7, 11) is 1.85. The predicted octanol–water partition coefficient (Wildman–Crippen LogP) is 3.32. The van der Waals surface area contributed by atoms with Crippen molar-refractivity contribution in [3.63, 3.8) is 0 Å². The molecule has 27 heavy (non-hydrogen) atoms. The summed E-state index contributed by atoms with van der Waals surface area (Å²) < 4.78 is 0.157. The van der Waals surface area contributed by atoms with Crippen molar-refractivity contribution < 1.29 is 4.79 Å². The molecule has 6 heteroatoms. The summed E-state index contributed by atoms with van der Waals surface area (Å²) in [6, 6.07) is 8.62. The van der Waals surface area contributed by atoms with Gasteiger partial charge >= 0.3 is 0 Å². The molecule has 3 rings (SSSR count). The lowest BCUT2D eigenvalue weighted by molar-refractivity contribution is -0.127. The first kappa shape index (κ1) is 20.1. The van der Waals surface area contributed by atoms with Crippen LogP contribution < -0.4 is 10.2 Å². The number of guanidine groups is 1. The number of benzene rings is 1. The van der Waals surface area contributed by atoms with Crippen molar-refractivity contribution in [2.45, 2.75) is 43.8 Å². The third kappa shape index (κ3) is 4.60. The topological polar surface area (TPSA) is 47.9 Å². The molecule has 1 saturated heterocycles. The molecule has 1 unspecified atom stereocenters. The van der Waals surface area contributed by atoms with Gasteiger partial charge in [-0.1, -0.05) is 18.2 Å². The Hall–Kier alpha value is -1.69. The first-order valence-electron chi connectivity index (χ1n) is 9.85. The number of aliphatic imine (C=N–C) groups is 1. The molecular formula is C21H32N4OS. The van der Waals surface area contributed by atoms with Crippen molar-refractivity contribution >= 4 is 29.3 Å². The second-order valence-corrected chi connectivity index (χ2v) is 9.52. The van der Waals surface area contributed by atoms with Crippen LogP contribution in [0.1, 0.15) is 44.6 Å². The molecule has 5 nitrogen and oxygen atoms in total. The van der Waals surface area contributed by atoms with E-state index in [0.29, 0.717) is 11.8 Å². The van der Waals surface area contributed by atoms with E-state index in [4.69, 9.17) is 0 Å². The molecule has 0 aromatic heterocycles. The van der Waals surface area contributed by atoms with Gasteiger partial charge in [-0.25, -0.2) is 0 Å². The molecule has 0 spiro atoms. The molecule has 148 valence electrons. The van der Waals surface area contributed by atoms with Gasteiger partial charge in [0.05, 0.1) is 0 Å². The van der Waals surface area contributed by atoms with Crippen LogP contribution in [0.5, 0.6) is 0 Å². The van der Waals surface area contributed by atoms with Crippen LogP contribution in [0.25, 0.3) is 0 Å². The van der Waals surface area contributed by atoms with Gasteiger partial charge in [0.1, 0.15) is 0 Å². The highest BCUT2D eigenvalue weighted by Crippen LogP contribution is 2.38. The number of para-hydroxylation sites is 1. The van der Waals surface area contributed by atoms with Crippen LogP contribution in [0.4, 0.5) is 5.69 Å². The summed E-state index contributed by atoms with van der Waals surface area (Å²) in [6.07, 6.45) is 4.88. The van der Waals surface area contributed by atoms with Gasteiger partial charge < -0.3 is 15.1 Å². The zero-order valence-electron chi connectivity index (χ0n) is 17.0. The number of nitrogens with one attached hydrogen (secondary N) is 1. The van der Waals surface area contributed by atoms with Crippen molar-refractivity contribution in [3.05, 3.63) is 29.8 Å². The van der Waals surface area contributed by atoms with Gasteiger partial charge in [-0.05, 0) is 44.6 Å². The van der Waals surface area contributed by atoms with E-state index in [-0.39, 0.29) is 4.75 Å². The lowest BCUT2D eigenvalue weighted by Gasteiger charge is -2.28. The zero-order valence-corrected chi connectivity index (χ0v) is 17.8. The minimum Gasteiger partial charge on any atom is -0.355 e. The zero-order chi connectivity index (χ0) is 19.4. The summed E-state index contributed by atoms with van der Waals surface area (Å²) in [6.45, 7) is 8.05. The number of anilines is 1. The molecule has 1 N–H and O–H groups in total. The Morgan fingerprint density at radius 3 is 2.81 bits per heavy atom. The Balaban J connectivity index is 1.70. The monoisotopic (exact) mass is 388 g/mol. The third-order valence-corrected chi connectivity index (χ3v) is 6.93. The van der Waals surface area contributed by atoms with Gasteiger partial charge in [-0.3, -0.25) is 9.79 Å². The third-order valence-electron chi connectivity index (χ3n) is 5.68. The van der Waals surface area contributed by atoms with Crippen LogP contribution in [0.15, 0.2) is 29.3 Å². The molecule has 0 saturated carbocycles. The van der Waals surface area contributed by atoms with Crippen LogP contribution >= 0.6 is 11.8 Å². The van der Waals surface area contributed by atoms with Crippen molar-refractivity contribution in [2.24, 2.45) is 4.99 Å². The molecule has 0 radical (unpaired) electrons. The largest absolute Gasteiger partial charge is 0.355 e. The summed E-state index contributed by atoms with van der Waals surface area (Å²) in [5, 5.41) is 3.56. The van der Waals surface area contributed by atoms with Crippen LogP contribution in [0.2, 0.25) is 0 Å². The van der Waals surface area contributed by atoms with Crippen LogP contribution in [0.3, 0.4) is 0 Å². The van der Waals surface area contributed by atoms with Crippen LogP contribution in [0, 0.1) is 0 Å². The molecule has 2 aliphatic rings. The van der Waals surface area contributed by atoms with Crippen molar-refractivity contribution in [1.29, 1.82) is 0 Å². The number of carbonyl (C=O) groups is 1. The predicted molar refractivity (Wildman–Crippen MR) is 116 cm³/mol. The number of rotatable bonds is 6. The number of hydrogen-bond acceptors (Lipinski definition) is 3. The van der Waals surface area contributed by atoms with Gasteiger partial charge in [0.2, 0.25) is 5.91 Å². The average Bonchev–Trinajstić information content (AvgIpc) is 3.24.